The number of aromatic nitrogens is 4. The fourth-order valence-corrected chi connectivity index (χ4v) is 11.1. The SMILES string of the molecule is CON(C)C(=O)C1CCc2c(ncn2C(c2ccccc2)(c2ccccc2)c2cccc(-c3cccc(C(c4ccccc4)(c4ccccc4)n4cnc5c4CC(C(=O)N(C)OC)CC5)c3)c2)C1. The van der Waals surface area contributed by atoms with Gasteiger partial charge >= 0.3 is 0 Å². The van der Waals surface area contributed by atoms with Gasteiger partial charge in [0.25, 0.3) is 0 Å². The first-order chi connectivity index (χ1) is 33.3. The number of hydrogen-bond acceptors (Lipinski definition) is 6. The Morgan fingerprint density at radius 3 is 1.31 bits per heavy atom. The van der Waals surface area contributed by atoms with Crippen molar-refractivity contribution >= 4 is 11.8 Å². The molecule has 2 atom stereocenters. The third kappa shape index (κ3) is 7.54. The Morgan fingerprint density at radius 1 is 0.485 bits per heavy atom. The van der Waals surface area contributed by atoms with Crippen LogP contribution in [0.1, 0.15) is 69.0 Å². The molecule has 0 bridgehead atoms. The van der Waals surface area contributed by atoms with Crippen LogP contribution in [0.15, 0.2) is 183 Å². The molecule has 10 heteroatoms. The van der Waals surface area contributed by atoms with Gasteiger partial charge in [-0.2, -0.15) is 0 Å². The summed E-state index contributed by atoms with van der Waals surface area (Å²) in [7, 11) is 6.41. The van der Waals surface area contributed by atoms with Gasteiger partial charge in [0.15, 0.2) is 0 Å². The highest BCUT2D eigenvalue weighted by Gasteiger charge is 2.44. The quantitative estimate of drug-likeness (QED) is 0.0846. The van der Waals surface area contributed by atoms with Gasteiger partial charge in [0.05, 0.1) is 38.3 Å². The highest BCUT2D eigenvalue weighted by Crippen LogP contribution is 2.47. The molecular formula is C58H56N6O4. The van der Waals surface area contributed by atoms with Gasteiger partial charge in [-0.15, -0.1) is 0 Å². The van der Waals surface area contributed by atoms with E-state index in [0.29, 0.717) is 38.5 Å². The lowest BCUT2D eigenvalue weighted by atomic mass is 9.74. The molecule has 0 aliphatic heterocycles. The number of hydrogen-bond donors (Lipinski definition) is 0. The maximum absolute atomic E-state index is 13.7. The van der Waals surface area contributed by atoms with Crippen LogP contribution >= 0.6 is 0 Å². The van der Waals surface area contributed by atoms with E-state index in [1.807, 2.05) is 12.7 Å². The van der Waals surface area contributed by atoms with E-state index in [-0.39, 0.29) is 23.7 Å². The number of carbonyl (C=O) groups is 2. The highest BCUT2D eigenvalue weighted by atomic mass is 16.7. The van der Waals surface area contributed by atoms with Gasteiger partial charge < -0.3 is 9.13 Å². The molecule has 0 saturated carbocycles. The molecule has 0 saturated heterocycles. The first-order valence-corrected chi connectivity index (χ1v) is 23.5. The van der Waals surface area contributed by atoms with Gasteiger partial charge in [0, 0.05) is 50.2 Å². The third-order valence-electron chi connectivity index (χ3n) is 14.5. The molecule has 2 aliphatic rings. The standard InChI is InChI=1S/C58H56N6O4/c1-61(67-3)55(65)43-32-34-53-52(37-43)60-40-63(53)57(45-21-9-5-10-22-45,46-23-11-6-12-24-46)49-29-17-19-41(35-49)42-20-18-30-50(36-42)58(47-25-13-7-14-26-47,48-27-15-8-16-28-48)64-39-59-51-33-31-44(38-54(51)64)56(66)62(2)68-4/h5-30,35-36,39-40,43-44H,31-34,37-38H2,1-4H3. The largest absolute Gasteiger partial charge is 0.316 e. The number of rotatable bonds is 13. The molecule has 342 valence electrons. The summed E-state index contributed by atoms with van der Waals surface area (Å²) in [5.41, 5.74) is 11.0. The summed E-state index contributed by atoms with van der Waals surface area (Å²) in [5, 5.41) is 2.68. The molecule has 0 spiro atoms. The number of nitrogens with zero attached hydrogens (tertiary/aromatic N) is 6. The number of carbonyl (C=O) groups excluding carboxylic acids is 2. The molecule has 0 radical (unpaired) electrons. The van der Waals surface area contributed by atoms with E-state index in [1.54, 1.807) is 14.1 Å². The van der Waals surface area contributed by atoms with Gasteiger partial charge in [-0.1, -0.05) is 158 Å². The van der Waals surface area contributed by atoms with Crippen LogP contribution in [0, 0.1) is 11.8 Å². The van der Waals surface area contributed by atoms with Crippen LogP contribution in [0.4, 0.5) is 0 Å². The lowest BCUT2D eigenvalue weighted by Crippen LogP contribution is -2.41. The van der Waals surface area contributed by atoms with E-state index in [2.05, 4.69) is 179 Å². The summed E-state index contributed by atoms with van der Waals surface area (Å²) < 4.78 is 4.70. The molecule has 6 aromatic carbocycles. The first kappa shape index (κ1) is 44.4. The van der Waals surface area contributed by atoms with Gasteiger partial charge in [-0.05, 0) is 82.3 Å². The number of fused-ring (bicyclic) bond motifs is 2. The molecule has 10 nitrogen and oxygen atoms in total. The Labute approximate surface area is 398 Å². The minimum atomic E-state index is -0.861. The van der Waals surface area contributed by atoms with E-state index in [9.17, 15) is 9.59 Å². The monoisotopic (exact) mass is 900 g/mol. The smallest absolute Gasteiger partial charge is 0.249 e. The molecule has 0 fully saturated rings. The number of hydroxylamine groups is 4. The van der Waals surface area contributed by atoms with Gasteiger partial charge in [0.1, 0.15) is 11.1 Å². The number of imidazole rings is 2. The Hall–Kier alpha value is -7.40. The van der Waals surface area contributed by atoms with Crippen molar-refractivity contribution in [1.82, 2.24) is 29.2 Å². The predicted octanol–water partition coefficient (Wildman–Crippen LogP) is 9.68. The van der Waals surface area contributed by atoms with E-state index in [1.165, 1.54) is 24.3 Å². The topological polar surface area (TPSA) is 94.7 Å². The molecule has 10 rings (SSSR count). The molecule has 2 unspecified atom stereocenters. The molecule has 0 N–H and O–H groups in total. The van der Waals surface area contributed by atoms with E-state index in [0.717, 1.165) is 67.3 Å². The lowest BCUT2D eigenvalue weighted by Gasteiger charge is -2.40. The normalized spacial score (nSPS) is 15.8. The summed E-state index contributed by atoms with van der Waals surface area (Å²) in [4.78, 5) is 47.9. The van der Waals surface area contributed by atoms with Crippen molar-refractivity contribution in [3.8, 4) is 11.1 Å². The van der Waals surface area contributed by atoms with Crippen molar-refractivity contribution in [1.29, 1.82) is 0 Å². The second kappa shape index (κ2) is 18.7. The first-order valence-electron chi connectivity index (χ1n) is 23.5. The Kier molecular flexibility index (Phi) is 12.2. The zero-order valence-corrected chi connectivity index (χ0v) is 39.0. The number of amides is 2. The van der Waals surface area contributed by atoms with Crippen molar-refractivity contribution < 1.29 is 19.3 Å². The zero-order valence-electron chi connectivity index (χ0n) is 39.0. The number of benzene rings is 6. The molecular weight excluding hydrogens is 845 g/mol. The molecule has 2 heterocycles. The van der Waals surface area contributed by atoms with E-state index in [4.69, 9.17) is 19.6 Å². The average molecular weight is 901 g/mol. The van der Waals surface area contributed by atoms with Crippen LogP contribution in [0.2, 0.25) is 0 Å². The lowest BCUT2D eigenvalue weighted by molar-refractivity contribution is -0.174. The summed E-state index contributed by atoms with van der Waals surface area (Å²) >= 11 is 0. The Balaban J connectivity index is 1.16. The van der Waals surface area contributed by atoms with Crippen LogP contribution in [-0.2, 0) is 56.0 Å². The molecule has 2 aromatic heterocycles. The summed E-state index contributed by atoms with van der Waals surface area (Å²) in [6, 6.07) is 60.5. The van der Waals surface area contributed by atoms with Gasteiger partial charge in [-0.25, -0.2) is 20.1 Å². The minimum absolute atomic E-state index is 0.0364. The average Bonchev–Trinajstić information content (AvgIpc) is 4.04. The Bertz CT molecular complexity index is 2960. The van der Waals surface area contributed by atoms with Crippen molar-refractivity contribution in [3.63, 3.8) is 0 Å². The van der Waals surface area contributed by atoms with Crippen LogP contribution in [0.25, 0.3) is 11.1 Å². The fraction of sp³-hybridized carbons (Fsp3) is 0.241. The summed E-state index contributed by atoms with van der Waals surface area (Å²) in [6.45, 7) is 0. The molecule has 68 heavy (non-hydrogen) atoms. The van der Waals surface area contributed by atoms with Gasteiger partial charge in [0.2, 0.25) is 11.8 Å². The van der Waals surface area contributed by atoms with E-state index < -0.39 is 11.1 Å². The second-order valence-corrected chi connectivity index (χ2v) is 18.0. The molecule has 8 aromatic rings. The summed E-state index contributed by atoms with van der Waals surface area (Å²) in [6.07, 6.45) is 7.80. The highest BCUT2D eigenvalue weighted by molar-refractivity contribution is 5.79. The van der Waals surface area contributed by atoms with Crippen LogP contribution in [0.3, 0.4) is 0 Å². The van der Waals surface area contributed by atoms with Crippen molar-refractivity contribution in [2.75, 3.05) is 28.3 Å². The van der Waals surface area contributed by atoms with Crippen molar-refractivity contribution in [3.05, 3.63) is 239 Å². The maximum atomic E-state index is 13.7. The minimum Gasteiger partial charge on any atom is -0.316 e. The van der Waals surface area contributed by atoms with Crippen LogP contribution in [-0.4, -0.2) is 69.4 Å². The summed E-state index contributed by atoms with van der Waals surface area (Å²) in [5.74, 6) is -0.545. The second-order valence-electron chi connectivity index (χ2n) is 18.0. The van der Waals surface area contributed by atoms with Crippen LogP contribution < -0.4 is 0 Å². The van der Waals surface area contributed by atoms with Crippen LogP contribution in [0.5, 0.6) is 0 Å². The maximum Gasteiger partial charge on any atom is 0.249 e. The van der Waals surface area contributed by atoms with Crippen molar-refractivity contribution in [2.45, 2.75) is 49.6 Å². The zero-order chi connectivity index (χ0) is 46.8. The molecule has 2 amide bonds. The number of aryl methyl sites for hydroxylation is 1. The third-order valence-corrected chi connectivity index (χ3v) is 14.5. The van der Waals surface area contributed by atoms with Gasteiger partial charge in [-0.3, -0.25) is 19.3 Å². The Morgan fingerprint density at radius 2 is 0.868 bits per heavy atom. The molecule has 2 aliphatic carbocycles. The van der Waals surface area contributed by atoms with Crippen molar-refractivity contribution in [2.24, 2.45) is 11.8 Å². The predicted molar refractivity (Wildman–Crippen MR) is 263 cm³/mol. The van der Waals surface area contributed by atoms with E-state index >= 15 is 0 Å². The fourth-order valence-electron chi connectivity index (χ4n) is 11.1.